The van der Waals surface area contributed by atoms with Crippen molar-refractivity contribution in [2.75, 3.05) is 26.2 Å². The van der Waals surface area contributed by atoms with Crippen LogP contribution in [0.3, 0.4) is 0 Å². The second-order valence-corrected chi connectivity index (χ2v) is 10.2. The molecule has 2 aliphatic rings. The molecular weight excluding hydrogens is 470 g/mol. The fraction of sp³-hybridized carbons (Fsp3) is 0.444. The summed E-state index contributed by atoms with van der Waals surface area (Å²) in [4.78, 5) is 48.1. The zero-order valence-electron chi connectivity index (χ0n) is 21.7. The molecule has 0 aliphatic carbocycles. The highest BCUT2D eigenvalue weighted by atomic mass is 16.2. The van der Waals surface area contributed by atoms with E-state index >= 15 is 0 Å². The minimum atomic E-state index is -0.290. The molecule has 0 spiro atoms. The van der Waals surface area contributed by atoms with Crippen LogP contribution in [-0.4, -0.2) is 62.6 Å². The molecule has 10 nitrogen and oxygen atoms in total. The number of amides is 2. The zero-order chi connectivity index (χ0) is 26.3. The van der Waals surface area contributed by atoms with Gasteiger partial charge in [0, 0.05) is 50.0 Å². The highest BCUT2D eigenvalue weighted by Crippen LogP contribution is 2.28. The van der Waals surface area contributed by atoms with E-state index in [1.165, 1.54) is 0 Å². The van der Waals surface area contributed by atoms with Gasteiger partial charge in [-0.3, -0.25) is 14.4 Å². The van der Waals surface area contributed by atoms with Crippen LogP contribution in [0.4, 0.5) is 0 Å². The van der Waals surface area contributed by atoms with Crippen molar-refractivity contribution >= 4 is 28.4 Å². The Morgan fingerprint density at radius 1 is 1.22 bits per heavy atom. The van der Waals surface area contributed by atoms with Crippen molar-refractivity contribution in [2.45, 2.75) is 46.7 Å². The van der Waals surface area contributed by atoms with E-state index in [1.54, 1.807) is 12.3 Å². The van der Waals surface area contributed by atoms with Crippen LogP contribution in [0.5, 0.6) is 0 Å². The van der Waals surface area contributed by atoms with Crippen LogP contribution >= 0.6 is 0 Å². The molecular formula is C27H33N7O3. The van der Waals surface area contributed by atoms with Crippen molar-refractivity contribution in [1.82, 2.24) is 35.3 Å². The molecule has 1 saturated heterocycles. The van der Waals surface area contributed by atoms with Gasteiger partial charge in [-0.15, -0.1) is 0 Å². The molecule has 37 heavy (non-hydrogen) atoms. The van der Waals surface area contributed by atoms with Gasteiger partial charge >= 0.3 is 0 Å². The molecule has 0 saturated carbocycles. The number of nitrogens with one attached hydrogen (secondary N) is 3. The van der Waals surface area contributed by atoms with Crippen LogP contribution in [0.25, 0.3) is 16.6 Å². The smallest absolute Gasteiger partial charge is 0.253 e. The first kappa shape index (κ1) is 24.9. The largest absolute Gasteiger partial charge is 0.348 e. The molecule has 0 atom stereocenters. The second-order valence-electron chi connectivity index (χ2n) is 10.2. The number of aromatic amines is 1. The van der Waals surface area contributed by atoms with Crippen molar-refractivity contribution in [1.29, 1.82) is 0 Å². The van der Waals surface area contributed by atoms with Crippen LogP contribution in [-0.2, 0) is 11.3 Å². The van der Waals surface area contributed by atoms with Gasteiger partial charge in [-0.25, -0.2) is 9.67 Å². The molecule has 0 bridgehead atoms. The third kappa shape index (κ3) is 4.81. The summed E-state index contributed by atoms with van der Waals surface area (Å²) in [6.07, 6.45) is 4.38. The number of hydrogen-bond donors (Lipinski definition) is 3. The second kappa shape index (κ2) is 9.93. The molecule has 5 rings (SSSR count). The molecule has 0 radical (unpaired) electrons. The van der Waals surface area contributed by atoms with E-state index < -0.39 is 0 Å². The lowest BCUT2D eigenvalue weighted by Gasteiger charge is -2.34. The van der Waals surface area contributed by atoms with Gasteiger partial charge in [0.25, 0.3) is 11.5 Å². The monoisotopic (exact) mass is 503 g/mol. The van der Waals surface area contributed by atoms with Gasteiger partial charge in [0.2, 0.25) is 5.91 Å². The quantitative estimate of drug-likeness (QED) is 0.473. The minimum absolute atomic E-state index is 0.0643. The number of nitrogens with zero attached hydrogens (tertiary/aromatic N) is 4. The van der Waals surface area contributed by atoms with Crippen molar-refractivity contribution < 1.29 is 9.59 Å². The average molecular weight is 504 g/mol. The summed E-state index contributed by atoms with van der Waals surface area (Å²) in [5.74, 6) is -0.0247. The molecule has 0 aromatic carbocycles. The van der Waals surface area contributed by atoms with Gasteiger partial charge in [0.1, 0.15) is 0 Å². The number of aryl methyl sites for hydroxylation is 2. The summed E-state index contributed by atoms with van der Waals surface area (Å²) in [6, 6.07) is 3.76. The summed E-state index contributed by atoms with van der Waals surface area (Å²) in [7, 11) is 0. The van der Waals surface area contributed by atoms with E-state index in [-0.39, 0.29) is 35.9 Å². The third-order valence-corrected chi connectivity index (χ3v) is 7.20. The number of fused-ring (bicyclic) bond motifs is 1. The maximum Gasteiger partial charge on any atom is 0.253 e. The standard InChI is InChI=1S/C27H33N7O3/c1-15(2)34-24-22(14-30-34)20(25(35)29-13-21-16(3)9-17(4)31-26(21)36)10-23(32-24)18-5-7-33(8-6-18)27(37)19-11-28-12-19/h5,9-10,14-15,19,28H,6-8,11-13H2,1-4H3,(H,29,35)(H,31,36). The van der Waals surface area contributed by atoms with Crippen molar-refractivity contribution in [3.8, 4) is 0 Å². The van der Waals surface area contributed by atoms with Gasteiger partial charge in [0.05, 0.1) is 28.8 Å². The highest BCUT2D eigenvalue weighted by Gasteiger charge is 2.30. The lowest BCUT2D eigenvalue weighted by Crippen LogP contribution is -2.52. The van der Waals surface area contributed by atoms with Gasteiger partial charge in [0.15, 0.2) is 5.65 Å². The summed E-state index contributed by atoms with van der Waals surface area (Å²) in [5.41, 5.74) is 4.77. The van der Waals surface area contributed by atoms with Gasteiger partial charge < -0.3 is 20.5 Å². The first-order valence-electron chi connectivity index (χ1n) is 12.8. The molecule has 0 unspecified atom stereocenters. The minimum Gasteiger partial charge on any atom is -0.348 e. The lowest BCUT2D eigenvalue weighted by molar-refractivity contribution is -0.136. The van der Waals surface area contributed by atoms with E-state index in [9.17, 15) is 14.4 Å². The predicted octanol–water partition coefficient (Wildman–Crippen LogP) is 2.08. The zero-order valence-corrected chi connectivity index (χ0v) is 21.7. The molecule has 10 heteroatoms. The van der Waals surface area contributed by atoms with E-state index in [4.69, 9.17) is 4.98 Å². The molecule has 5 heterocycles. The molecule has 3 aromatic heterocycles. The van der Waals surface area contributed by atoms with Crippen LogP contribution in [0, 0.1) is 19.8 Å². The van der Waals surface area contributed by atoms with Crippen molar-refractivity contribution in [3.05, 3.63) is 62.8 Å². The van der Waals surface area contributed by atoms with E-state index in [0.717, 1.165) is 29.9 Å². The summed E-state index contributed by atoms with van der Waals surface area (Å²) < 4.78 is 1.81. The number of aromatic nitrogens is 4. The molecule has 3 aromatic rings. The van der Waals surface area contributed by atoms with Gasteiger partial charge in [-0.2, -0.15) is 5.10 Å². The highest BCUT2D eigenvalue weighted by molar-refractivity contribution is 6.06. The number of H-pyrrole nitrogens is 1. The van der Waals surface area contributed by atoms with Crippen molar-refractivity contribution in [3.63, 3.8) is 0 Å². The first-order chi connectivity index (χ1) is 17.7. The number of carbonyl (C=O) groups excluding carboxylic acids is 2. The molecule has 2 amide bonds. The Morgan fingerprint density at radius 3 is 2.62 bits per heavy atom. The summed E-state index contributed by atoms with van der Waals surface area (Å²) >= 11 is 0. The number of carbonyl (C=O) groups is 2. The Kier molecular flexibility index (Phi) is 6.68. The van der Waals surface area contributed by atoms with Gasteiger partial charge in [-0.1, -0.05) is 6.08 Å². The topological polar surface area (TPSA) is 125 Å². The first-order valence-corrected chi connectivity index (χ1v) is 12.8. The van der Waals surface area contributed by atoms with E-state index in [1.807, 2.05) is 49.4 Å². The number of hydrogen-bond acceptors (Lipinski definition) is 6. The Bertz CT molecular complexity index is 1460. The third-order valence-electron chi connectivity index (χ3n) is 7.20. The molecule has 1 fully saturated rings. The maximum atomic E-state index is 13.4. The SMILES string of the molecule is Cc1cc(C)c(CNC(=O)c2cc(C3=CCN(C(=O)C4CNC4)CC3)nc3c2cnn3C(C)C)c(=O)[nH]1. The molecule has 3 N–H and O–H groups in total. The fourth-order valence-corrected chi connectivity index (χ4v) is 4.94. The number of pyridine rings is 2. The molecule has 194 valence electrons. The Morgan fingerprint density at radius 2 is 2.00 bits per heavy atom. The van der Waals surface area contributed by atoms with Crippen LogP contribution < -0.4 is 16.2 Å². The number of rotatable bonds is 6. The van der Waals surface area contributed by atoms with Gasteiger partial charge in [-0.05, 0) is 57.4 Å². The normalized spacial score (nSPS) is 16.1. The van der Waals surface area contributed by atoms with Crippen LogP contribution in [0.2, 0.25) is 0 Å². The fourth-order valence-electron chi connectivity index (χ4n) is 4.94. The van der Waals surface area contributed by atoms with Crippen molar-refractivity contribution in [2.24, 2.45) is 5.92 Å². The Hall–Kier alpha value is -3.79. The Balaban J connectivity index is 1.45. The summed E-state index contributed by atoms with van der Waals surface area (Å²) in [6.45, 7) is 10.5. The Labute approximate surface area is 215 Å². The predicted molar refractivity (Wildman–Crippen MR) is 141 cm³/mol. The van der Waals surface area contributed by atoms with E-state index in [0.29, 0.717) is 47.4 Å². The lowest BCUT2D eigenvalue weighted by atomic mass is 9.98. The maximum absolute atomic E-state index is 13.4. The van der Waals surface area contributed by atoms with Crippen LogP contribution in [0.1, 0.15) is 59.2 Å². The average Bonchev–Trinajstić information content (AvgIpc) is 3.26. The van der Waals surface area contributed by atoms with Crippen LogP contribution in [0.15, 0.2) is 29.2 Å². The molecule has 2 aliphatic heterocycles. The summed E-state index contributed by atoms with van der Waals surface area (Å²) in [5, 5.41) is 11.2. The van der Waals surface area contributed by atoms with E-state index in [2.05, 4.69) is 20.7 Å².